The summed E-state index contributed by atoms with van der Waals surface area (Å²) < 4.78 is 0.652. The molecule has 0 fully saturated rings. The largest absolute Gasteiger partial charge is 0.327 e. The zero-order chi connectivity index (χ0) is 14.0. The van der Waals surface area contributed by atoms with Crippen molar-refractivity contribution >= 4 is 39.1 Å². The highest BCUT2D eigenvalue weighted by Gasteiger charge is 2.12. The van der Waals surface area contributed by atoms with E-state index in [0.29, 0.717) is 26.3 Å². The van der Waals surface area contributed by atoms with Gasteiger partial charge in [0.2, 0.25) is 0 Å². The molecule has 98 valence electrons. The number of halogens is 2. The van der Waals surface area contributed by atoms with Crippen molar-refractivity contribution < 1.29 is 4.79 Å². The van der Waals surface area contributed by atoms with Crippen LogP contribution in [0.2, 0.25) is 5.02 Å². The second-order valence-corrected chi connectivity index (χ2v) is 5.19. The lowest BCUT2D eigenvalue weighted by molar-refractivity contribution is 0.102. The molecule has 19 heavy (non-hydrogen) atoms. The molecule has 1 amide bonds. The fourth-order valence-corrected chi connectivity index (χ4v) is 2.13. The summed E-state index contributed by atoms with van der Waals surface area (Å²) in [6.07, 6.45) is 1.44. The molecule has 2 N–H and O–H groups in total. The third-order valence-electron chi connectivity index (χ3n) is 2.54. The molecule has 6 heteroatoms. The Morgan fingerprint density at radius 3 is 2.84 bits per heavy atom. The van der Waals surface area contributed by atoms with Crippen molar-refractivity contribution in [1.29, 1.82) is 0 Å². The van der Waals surface area contributed by atoms with Crippen LogP contribution >= 0.6 is 27.5 Å². The molecule has 0 aliphatic heterocycles. The van der Waals surface area contributed by atoms with Crippen LogP contribution in [-0.4, -0.2) is 10.9 Å². The first-order valence-corrected chi connectivity index (χ1v) is 6.61. The smallest absolute Gasteiger partial charge is 0.257 e. The van der Waals surface area contributed by atoms with E-state index in [9.17, 15) is 9.59 Å². The number of hydrogen-bond donors (Lipinski definition) is 2. The summed E-state index contributed by atoms with van der Waals surface area (Å²) in [5.74, 6) is -0.335. The molecule has 0 atom stereocenters. The molecule has 2 rings (SSSR count). The van der Waals surface area contributed by atoms with Crippen LogP contribution in [0.1, 0.15) is 15.9 Å². The normalized spacial score (nSPS) is 10.3. The molecule has 0 saturated carbocycles. The highest BCUT2D eigenvalue weighted by molar-refractivity contribution is 9.10. The Morgan fingerprint density at radius 1 is 1.42 bits per heavy atom. The van der Waals surface area contributed by atoms with E-state index in [2.05, 4.69) is 26.2 Å². The van der Waals surface area contributed by atoms with Crippen molar-refractivity contribution in [3.05, 3.63) is 61.4 Å². The van der Waals surface area contributed by atoms with Crippen LogP contribution in [0, 0.1) is 6.92 Å². The Morgan fingerprint density at radius 2 is 2.16 bits per heavy atom. The Bertz CT molecular complexity index is 697. The molecule has 0 spiro atoms. The summed E-state index contributed by atoms with van der Waals surface area (Å²) in [6, 6.07) is 6.70. The lowest BCUT2D eigenvalue weighted by atomic mass is 10.2. The second-order valence-electron chi connectivity index (χ2n) is 3.96. The number of nitrogens with one attached hydrogen (secondary N) is 2. The van der Waals surface area contributed by atoms with Crippen LogP contribution < -0.4 is 10.9 Å². The molecular formula is C13H10BrClN2O2. The first-order chi connectivity index (χ1) is 8.99. The average molecular weight is 342 g/mol. The van der Waals surface area contributed by atoms with Gasteiger partial charge in [-0.2, -0.15) is 0 Å². The summed E-state index contributed by atoms with van der Waals surface area (Å²) >= 11 is 9.31. The van der Waals surface area contributed by atoms with Gasteiger partial charge in [-0.15, -0.1) is 0 Å². The quantitative estimate of drug-likeness (QED) is 0.880. The van der Waals surface area contributed by atoms with Crippen molar-refractivity contribution in [2.24, 2.45) is 0 Å². The Balaban J connectivity index is 2.28. The summed E-state index contributed by atoms with van der Waals surface area (Å²) in [5, 5.41) is 3.03. The highest BCUT2D eigenvalue weighted by Crippen LogP contribution is 2.26. The summed E-state index contributed by atoms with van der Waals surface area (Å²) in [7, 11) is 0. The van der Waals surface area contributed by atoms with Gasteiger partial charge in [-0.05, 0) is 41.1 Å². The number of H-pyrrole nitrogens is 1. The predicted octanol–water partition coefficient (Wildman–Crippen LogP) is 3.35. The molecule has 1 aromatic carbocycles. The van der Waals surface area contributed by atoms with E-state index in [0.717, 1.165) is 0 Å². The molecule has 0 aliphatic carbocycles. The lowest BCUT2D eigenvalue weighted by Crippen LogP contribution is -2.15. The van der Waals surface area contributed by atoms with Gasteiger partial charge in [-0.25, -0.2) is 0 Å². The third-order valence-corrected chi connectivity index (χ3v) is 3.84. The number of rotatable bonds is 2. The second kappa shape index (κ2) is 5.59. The van der Waals surface area contributed by atoms with E-state index < -0.39 is 0 Å². The van der Waals surface area contributed by atoms with Crippen LogP contribution in [-0.2, 0) is 0 Å². The van der Waals surface area contributed by atoms with Crippen LogP contribution in [0.4, 0.5) is 5.69 Å². The number of aryl methyl sites for hydroxylation is 1. The average Bonchev–Trinajstić information content (AvgIpc) is 2.37. The van der Waals surface area contributed by atoms with Crippen molar-refractivity contribution in [3.8, 4) is 0 Å². The van der Waals surface area contributed by atoms with Crippen molar-refractivity contribution in [1.82, 2.24) is 4.98 Å². The number of carbonyl (C=O) groups excluding carboxylic acids is 1. The predicted molar refractivity (Wildman–Crippen MR) is 78.9 cm³/mol. The van der Waals surface area contributed by atoms with Gasteiger partial charge in [0.25, 0.3) is 11.5 Å². The molecule has 0 saturated heterocycles. The number of pyridine rings is 1. The van der Waals surface area contributed by atoms with E-state index >= 15 is 0 Å². The molecule has 2 aromatic rings. The molecule has 4 nitrogen and oxygen atoms in total. The highest BCUT2D eigenvalue weighted by atomic mass is 79.9. The fraction of sp³-hybridized carbons (Fsp3) is 0.0769. The van der Waals surface area contributed by atoms with Crippen LogP contribution in [0.3, 0.4) is 0 Å². The number of carbonyl (C=O) groups is 1. The van der Waals surface area contributed by atoms with E-state index in [-0.39, 0.29) is 11.5 Å². The van der Waals surface area contributed by atoms with E-state index in [1.165, 1.54) is 6.20 Å². The maximum absolute atomic E-state index is 12.1. The van der Waals surface area contributed by atoms with Gasteiger partial charge >= 0.3 is 0 Å². The first kappa shape index (κ1) is 13.8. The number of aromatic nitrogens is 1. The van der Waals surface area contributed by atoms with E-state index in [1.807, 2.05) is 0 Å². The number of aromatic amines is 1. The summed E-state index contributed by atoms with van der Waals surface area (Å²) in [6.45, 7) is 1.67. The maximum atomic E-state index is 12.1. The maximum Gasteiger partial charge on any atom is 0.257 e. The Hall–Kier alpha value is -1.59. The monoisotopic (exact) mass is 340 g/mol. The molecule has 1 heterocycles. The zero-order valence-corrected chi connectivity index (χ0v) is 12.3. The van der Waals surface area contributed by atoms with Crippen molar-refractivity contribution in [2.45, 2.75) is 6.92 Å². The molecule has 0 bridgehead atoms. The minimum Gasteiger partial charge on any atom is -0.327 e. The number of hydrogen-bond acceptors (Lipinski definition) is 2. The number of anilines is 1. The van der Waals surface area contributed by atoms with Gasteiger partial charge in [0.1, 0.15) is 0 Å². The fourth-order valence-electron chi connectivity index (χ4n) is 1.55. The van der Waals surface area contributed by atoms with Gasteiger partial charge in [0, 0.05) is 16.2 Å². The SMILES string of the molecule is Cc1cc(NC(=O)c2cccc(Br)c2Cl)c[nH]c1=O. The molecule has 0 aliphatic rings. The van der Waals surface area contributed by atoms with Gasteiger partial charge < -0.3 is 10.3 Å². The first-order valence-electron chi connectivity index (χ1n) is 5.43. The van der Waals surface area contributed by atoms with Crippen LogP contribution in [0.15, 0.2) is 39.7 Å². The summed E-state index contributed by atoms with van der Waals surface area (Å²) in [4.78, 5) is 25.8. The van der Waals surface area contributed by atoms with Gasteiger partial charge in [0.15, 0.2) is 0 Å². The number of benzene rings is 1. The third kappa shape index (κ3) is 3.05. The molecular weight excluding hydrogens is 332 g/mol. The number of amides is 1. The Labute approximate surface area is 122 Å². The minimum absolute atomic E-state index is 0.182. The standard InChI is InChI=1S/C13H10BrClN2O2/c1-7-5-8(6-16-12(7)18)17-13(19)9-3-2-4-10(14)11(9)15/h2-6H,1H3,(H,16,18)(H,17,19). The van der Waals surface area contributed by atoms with Crippen LogP contribution in [0.25, 0.3) is 0 Å². The lowest BCUT2D eigenvalue weighted by Gasteiger charge is -2.08. The van der Waals surface area contributed by atoms with E-state index in [1.54, 1.807) is 31.2 Å². The molecule has 0 unspecified atom stereocenters. The van der Waals surface area contributed by atoms with Gasteiger partial charge in [-0.1, -0.05) is 17.7 Å². The molecule has 1 aromatic heterocycles. The van der Waals surface area contributed by atoms with Gasteiger partial charge in [0.05, 0.1) is 16.3 Å². The zero-order valence-electron chi connectivity index (χ0n) is 9.96. The summed E-state index contributed by atoms with van der Waals surface area (Å²) in [5.41, 5.74) is 1.22. The minimum atomic E-state index is -0.335. The van der Waals surface area contributed by atoms with Crippen molar-refractivity contribution in [3.63, 3.8) is 0 Å². The van der Waals surface area contributed by atoms with E-state index in [4.69, 9.17) is 11.6 Å². The molecule has 0 radical (unpaired) electrons. The topological polar surface area (TPSA) is 62.0 Å². The van der Waals surface area contributed by atoms with Crippen molar-refractivity contribution in [2.75, 3.05) is 5.32 Å². The Kier molecular flexibility index (Phi) is 4.07. The van der Waals surface area contributed by atoms with Crippen LogP contribution in [0.5, 0.6) is 0 Å². The van der Waals surface area contributed by atoms with Gasteiger partial charge in [-0.3, -0.25) is 9.59 Å².